The summed E-state index contributed by atoms with van der Waals surface area (Å²) in [7, 11) is 5.40. The molecule has 0 saturated heterocycles. The van der Waals surface area contributed by atoms with Gasteiger partial charge >= 0.3 is 0 Å². The molecule has 4 nitrogen and oxygen atoms in total. The standard InChI is InChI=1S/C12H20ClN3OS/c1-8(14)12(9-5-6-10(13)18-9)16(4)7-11(17)15(2)3/h5-6,8,12H,7,14H2,1-4H3. The van der Waals surface area contributed by atoms with Gasteiger partial charge in [0, 0.05) is 25.0 Å². The number of halogens is 1. The molecule has 1 aromatic heterocycles. The molecule has 1 amide bonds. The van der Waals surface area contributed by atoms with Gasteiger partial charge in [-0.1, -0.05) is 11.6 Å². The minimum Gasteiger partial charge on any atom is -0.348 e. The van der Waals surface area contributed by atoms with Gasteiger partial charge in [-0.3, -0.25) is 9.69 Å². The van der Waals surface area contributed by atoms with Gasteiger partial charge in [0.2, 0.25) is 5.91 Å². The Morgan fingerprint density at radius 2 is 2.06 bits per heavy atom. The molecule has 2 N–H and O–H groups in total. The molecule has 2 atom stereocenters. The fourth-order valence-electron chi connectivity index (χ4n) is 1.82. The smallest absolute Gasteiger partial charge is 0.236 e. The Morgan fingerprint density at radius 3 is 2.44 bits per heavy atom. The van der Waals surface area contributed by atoms with Gasteiger partial charge in [-0.15, -0.1) is 11.3 Å². The lowest BCUT2D eigenvalue weighted by atomic mass is 10.1. The van der Waals surface area contributed by atoms with Gasteiger partial charge in [-0.05, 0) is 26.1 Å². The molecule has 0 aromatic carbocycles. The van der Waals surface area contributed by atoms with Crippen molar-refractivity contribution in [2.75, 3.05) is 27.7 Å². The molecule has 1 heterocycles. The maximum absolute atomic E-state index is 11.7. The lowest BCUT2D eigenvalue weighted by molar-refractivity contribution is -0.130. The SMILES string of the molecule is CC(N)C(c1ccc(Cl)s1)N(C)CC(=O)N(C)C. The van der Waals surface area contributed by atoms with Crippen LogP contribution in [0.1, 0.15) is 17.8 Å². The first-order chi connectivity index (χ1) is 8.32. The molecule has 0 aliphatic heterocycles. The van der Waals surface area contributed by atoms with Crippen LogP contribution in [0.4, 0.5) is 0 Å². The minimum atomic E-state index is -0.0697. The van der Waals surface area contributed by atoms with Crippen molar-refractivity contribution >= 4 is 28.8 Å². The monoisotopic (exact) mass is 289 g/mol. The van der Waals surface area contributed by atoms with Crippen LogP contribution in [0, 0.1) is 0 Å². The van der Waals surface area contributed by atoms with E-state index >= 15 is 0 Å². The van der Waals surface area contributed by atoms with E-state index in [1.165, 1.54) is 11.3 Å². The number of nitrogens with zero attached hydrogens (tertiary/aromatic N) is 2. The average molecular weight is 290 g/mol. The third-order valence-electron chi connectivity index (χ3n) is 2.74. The zero-order chi connectivity index (χ0) is 13.9. The summed E-state index contributed by atoms with van der Waals surface area (Å²) in [4.78, 5) is 16.4. The maximum atomic E-state index is 11.7. The first-order valence-electron chi connectivity index (χ1n) is 5.74. The first-order valence-corrected chi connectivity index (χ1v) is 6.93. The van der Waals surface area contributed by atoms with Gasteiger partial charge < -0.3 is 10.6 Å². The van der Waals surface area contributed by atoms with Crippen LogP contribution < -0.4 is 5.73 Å². The van der Waals surface area contributed by atoms with Crippen molar-refractivity contribution < 1.29 is 4.79 Å². The Hall–Kier alpha value is -0.620. The van der Waals surface area contributed by atoms with Crippen molar-refractivity contribution in [2.45, 2.75) is 19.0 Å². The Kier molecular flexibility index (Phi) is 5.59. The molecule has 1 aromatic rings. The molecule has 2 unspecified atom stereocenters. The fraction of sp³-hybridized carbons (Fsp3) is 0.583. The number of amides is 1. The van der Waals surface area contributed by atoms with Crippen LogP contribution in [-0.4, -0.2) is 49.4 Å². The number of rotatable bonds is 5. The highest BCUT2D eigenvalue weighted by Gasteiger charge is 2.24. The maximum Gasteiger partial charge on any atom is 0.236 e. The van der Waals surface area contributed by atoms with Crippen LogP contribution in [0.5, 0.6) is 0 Å². The molecule has 102 valence electrons. The minimum absolute atomic E-state index is 0.00593. The van der Waals surface area contributed by atoms with Gasteiger partial charge in [0.15, 0.2) is 0 Å². The molecule has 0 saturated carbocycles. The predicted molar refractivity (Wildman–Crippen MR) is 77.0 cm³/mol. The van der Waals surface area contributed by atoms with Crippen LogP contribution >= 0.6 is 22.9 Å². The molecule has 6 heteroatoms. The summed E-state index contributed by atoms with van der Waals surface area (Å²) < 4.78 is 0.739. The van der Waals surface area contributed by atoms with Gasteiger partial charge in [-0.2, -0.15) is 0 Å². The first kappa shape index (κ1) is 15.4. The molecule has 0 aliphatic carbocycles. The highest BCUT2D eigenvalue weighted by atomic mass is 35.5. The molecule has 0 aliphatic rings. The quantitative estimate of drug-likeness (QED) is 0.899. The third-order valence-corrected chi connectivity index (χ3v) is 4.04. The Morgan fingerprint density at radius 1 is 1.44 bits per heavy atom. The molecular weight excluding hydrogens is 270 g/mol. The van der Waals surface area contributed by atoms with Crippen LogP contribution in [0.2, 0.25) is 4.34 Å². The van der Waals surface area contributed by atoms with E-state index in [1.54, 1.807) is 19.0 Å². The van der Waals surface area contributed by atoms with Crippen molar-refractivity contribution in [3.63, 3.8) is 0 Å². The summed E-state index contributed by atoms with van der Waals surface area (Å²) >= 11 is 7.46. The third kappa shape index (κ3) is 3.95. The second-order valence-corrected chi connectivity index (χ2v) is 6.40. The van der Waals surface area contributed by atoms with E-state index in [0.717, 1.165) is 9.21 Å². The average Bonchev–Trinajstić information content (AvgIpc) is 2.63. The molecule has 0 radical (unpaired) electrons. The second kappa shape index (κ2) is 6.52. The topological polar surface area (TPSA) is 49.6 Å². The number of likely N-dealkylation sites (N-methyl/N-ethyl adjacent to an activating group) is 2. The number of hydrogen-bond donors (Lipinski definition) is 1. The largest absolute Gasteiger partial charge is 0.348 e. The lowest BCUT2D eigenvalue weighted by Crippen LogP contribution is -2.42. The van der Waals surface area contributed by atoms with E-state index in [0.29, 0.717) is 6.54 Å². The lowest BCUT2D eigenvalue weighted by Gasteiger charge is -2.30. The van der Waals surface area contributed by atoms with Gasteiger partial charge in [-0.25, -0.2) is 0 Å². The summed E-state index contributed by atoms with van der Waals surface area (Å²) in [5.41, 5.74) is 6.03. The van der Waals surface area contributed by atoms with Gasteiger partial charge in [0.05, 0.1) is 16.9 Å². The highest BCUT2D eigenvalue weighted by Crippen LogP contribution is 2.31. The van der Waals surface area contributed by atoms with E-state index in [4.69, 9.17) is 17.3 Å². The van der Waals surface area contributed by atoms with Gasteiger partial charge in [0.25, 0.3) is 0 Å². The zero-order valence-electron chi connectivity index (χ0n) is 11.2. The molecule has 0 fully saturated rings. The number of nitrogens with two attached hydrogens (primary N) is 1. The second-order valence-electron chi connectivity index (χ2n) is 4.65. The van der Waals surface area contributed by atoms with E-state index in [9.17, 15) is 4.79 Å². The van der Waals surface area contributed by atoms with Crippen LogP contribution in [0.25, 0.3) is 0 Å². The van der Waals surface area contributed by atoms with Crippen molar-refractivity contribution in [3.05, 3.63) is 21.3 Å². The fourth-order valence-corrected chi connectivity index (χ4v) is 3.16. The van der Waals surface area contributed by atoms with E-state index in [2.05, 4.69) is 0 Å². The number of hydrogen-bond acceptors (Lipinski definition) is 4. The zero-order valence-corrected chi connectivity index (χ0v) is 12.8. The summed E-state index contributed by atoms with van der Waals surface area (Å²) in [6, 6.07) is 3.77. The molecule has 0 spiro atoms. The summed E-state index contributed by atoms with van der Waals surface area (Å²) in [6.45, 7) is 2.28. The molecular formula is C12H20ClN3OS. The Labute approximate surface area is 117 Å². The Bertz CT molecular complexity index is 406. The highest BCUT2D eigenvalue weighted by molar-refractivity contribution is 7.16. The predicted octanol–water partition coefficient (Wildman–Crippen LogP) is 1.81. The summed E-state index contributed by atoms with van der Waals surface area (Å²) in [5.74, 6) is 0.0609. The molecule has 1 rings (SSSR count). The van der Waals surface area contributed by atoms with Crippen LogP contribution in [0.3, 0.4) is 0 Å². The van der Waals surface area contributed by atoms with Crippen LogP contribution in [-0.2, 0) is 4.79 Å². The van der Waals surface area contributed by atoms with E-state index in [-0.39, 0.29) is 18.0 Å². The normalized spacial score (nSPS) is 14.6. The van der Waals surface area contributed by atoms with Crippen molar-refractivity contribution in [3.8, 4) is 0 Å². The van der Waals surface area contributed by atoms with Crippen molar-refractivity contribution in [1.82, 2.24) is 9.80 Å². The van der Waals surface area contributed by atoms with Gasteiger partial charge in [0.1, 0.15) is 0 Å². The number of thiophene rings is 1. The molecule has 18 heavy (non-hydrogen) atoms. The summed E-state index contributed by atoms with van der Waals surface area (Å²) in [5, 5.41) is 0. The van der Waals surface area contributed by atoms with Crippen molar-refractivity contribution in [1.29, 1.82) is 0 Å². The van der Waals surface area contributed by atoms with Crippen molar-refractivity contribution in [2.24, 2.45) is 5.73 Å². The number of carbonyl (C=O) groups is 1. The Balaban J connectivity index is 2.82. The van der Waals surface area contributed by atoms with Crippen LogP contribution in [0.15, 0.2) is 12.1 Å². The van der Waals surface area contributed by atoms with E-state index in [1.807, 2.05) is 31.0 Å². The summed E-state index contributed by atoms with van der Waals surface area (Å²) in [6.07, 6.45) is 0. The van der Waals surface area contributed by atoms with E-state index < -0.39 is 0 Å². The molecule has 0 bridgehead atoms. The number of carbonyl (C=O) groups excluding carboxylic acids is 1.